The van der Waals surface area contributed by atoms with Crippen LogP contribution in [-0.2, 0) is 16.4 Å². The van der Waals surface area contributed by atoms with E-state index < -0.39 is 10.0 Å². The highest BCUT2D eigenvalue weighted by atomic mass is 32.2. The van der Waals surface area contributed by atoms with Crippen molar-refractivity contribution in [2.75, 3.05) is 12.8 Å². The molecule has 1 aliphatic rings. The lowest BCUT2D eigenvalue weighted by Gasteiger charge is -2.16. The summed E-state index contributed by atoms with van der Waals surface area (Å²) in [4.78, 5) is 0. The molecule has 2 unspecified atom stereocenters. The number of rotatable bonds is 6. The van der Waals surface area contributed by atoms with Gasteiger partial charge in [0.25, 0.3) is 0 Å². The summed E-state index contributed by atoms with van der Waals surface area (Å²) in [6.45, 7) is 0.425. The van der Waals surface area contributed by atoms with Crippen LogP contribution < -0.4 is 10.5 Å². The largest absolute Gasteiger partial charge is 0.327 e. The summed E-state index contributed by atoms with van der Waals surface area (Å²) in [5.41, 5.74) is 11.0. The zero-order valence-corrected chi connectivity index (χ0v) is 15.4. The third kappa shape index (κ3) is 4.91. The van der Waals surface area contributed by atoms with Crippen LogP contribution in [0.4, 0.5) is 0 Å². The summed E-state index contributed by atoms with van der Waals surface area (Å²) < 4.78 is 24.7. The van der Waals surface area contributed by atoms with Crippen molar-refractivity contribution >= 4 is 10.0 Å². The average Bonchev–Trinajstić information content (AvgIpc) is 3.01. The third-order valence-electron chi connectivity index (χ3n) is 4.97. The van der Waals surface area contributed by atoms with Crippen LogP contribution in [0.5, 0.6) is 0 Å². The second kappa shape index (κ2) is 7.68. The van der Waals surface area contributed by atoms with Crippen molar-refractivity contribution in [3.05, 3.63) is 59.7 Å². The van der Waals surface area contributed by atoms with Crippen molar-refractivity contribution in [3.63, 3.8) is 0 Å². The first-order valence-electron chi connectivity index (χ1n) is 8.82. The molecule has 4 nitrogen and oxygen atoms in total. The lowest BCUT2D eigenvalue weighted by Crippen LogP contribution is -2.24. The van der Waals surface area contributed by atoms with Crippen LogP contribution in [-0.4, -0.2) is 27.3 Å². The Bertz CT molecular complexity index is 799. The number of benzene rings is 2. The zero-order chi connectivity index (χ0) is 17.9. The Morgan fingerprint density at radius 2 is 1.60 bits per heavy atom. The van der Waals surface area contributed by atoms with Crippen molar-refractivity contribution < 1.29 is 8.42 Å². The van der Waals surface area contributed by atoms with Crippen LogP contribution in [0.2, 0.25) is 0 Å². The maximum absolute atomic E-state index is 11.1. The number of hydrogen-bond donors (Lipinski definition) is 2. The molecule has 0 radical (unpaired) electrons. The minimum absolute atomic E-state index is 0.297. The smallest absolute Gasteiger partial charge is 0.208 e. The number of hydrogen-bond acceptors (Lipinski definition) is 3. The van der Waals surface area contributed by atoms with Crippen molar-refractivity contribution in [1.29, 1.82) is 0 Å². The lowest BCUT2D eigenvalue weighted by atomic mass is 9.92. The molecule has 0 aromatic heterocycles. The minimum Gasteiger partial charge on any atom is -0.327 e. The molecule has 1 fully saturated rings. The second-order valence-corrected chi connectivity index (χ2v) is 8.77. The van der Waals surface area contributed by atoms with Gasteiger partial charge in [-0.15, -0.1) is 0 Å². The zero-order valence-electron chi connectivity index (χ0n) is 14.6. The van der Waals surface area contributed by atoms with Gasteiger partial charge in [0.2, 0.25) is 10.0 Å². The van der Waals surface area contributed by atoms with Crippen LogP contribution in [0, 0.1) is 0 Å². The molecule has 3 N–H and O–H groups in total. The van der Waals surface area contributed by atoms with Crippen LogP contribution in [0.1, 0.15) is 36.3 Å². The Kier molecular flexibility index (Phi) is 5.57. The molecule has 0 spiro atoms. The van der Waals surface area contributed by atoms with Crippen molar-refractivity contribution in [2.45, 2.75) is 37.6 Å². The number of nitrogens with two attached hydrogens (primary N) is 1. The quantitative estimate of drug-likeness (QED) is 0.834. The molecule has 0 amide bonds. The molecule has 0 heterocycles. The van der Waals surface area contributed by atoms with Gasteiger partial charge in [-0.05, 0) is 47.4 Å². The van der Waals surface area contributed by atoms with Crippen molar-refractivity contribution in [3.8, 4) is 11.1 Å². The van der Waals surface area contributed by atoms with Gasteiger partial charge in [0.1, 0.15) is 0 Å². The van der Waals surface area contributed by atoms with Crippen LogP contribution >= 0.6 is 0 Å². The molecule has 0 aliphatic heterocycles. The average molecular weight is 359 g/mol. The Balaban J connectivity index is 1.64. The van der Waals surface area contributed by atoms with Gasteiger partial charge in [-0.2, -0.15) is 0 Å². The predicted octanol–water partition coefficient (Wildman–Crippen LogP) is 3.04. The fourth-order valence-corrected chi connectivity index (χ4v) is 4.04. The van der Waals surface area contributed by atoms with E-state index in [0.717, 1.165) is 12.0 Å². The van der Waals surface area contributed by atoms with E-state index in [9.17, 15) is 8.42 Å². The van der Waals surface area contributed by atoms with E-state index in [1.165, 1.54) is 35.8 Å². The van der Waals surface area contributed by atoms with E-state index in [-0.39, 0.29) is 0 Å². The van der Waals surface area contributed by atoms with E-state index >= 15 is 0 Å². The highest BCUT2D eigenvalue weighted by Crippen LogP contribution is 2.34. The summed E-state index contributed by atoms with van der Waals surface area (Å²) in [6.07, 6.45) is 5.41. The summed E-state index contributed by atoms with van der Waals surface area (Å²) in [5, 5.41) is 0. The van der Waals surface area contributed by atoms with E-state index in [0.29, 0.717) is 24.9 Å². The molecule has 134 valence electrons. The molecule has 25 heavy (non-hydrogen) atoms. The van der Waals surface area contributed by atoms with E-state index in [1.807, 2.05) is 0 Å². The summed E-state index contributed by atoms with van der Waals surface area (Å²) >= 11 is 0. The molecule has 2 atom stereocenters. The SMILES string of the molecule is CS(=O)(=O)NCCc1ccc(-c2ccc(C3CCCC3N)cc2)cc1. The van der Waals surface area contributed by atoms with Crippen molar-refractivity contribution in [2.24, 2.45) is 5.73 Å². The number of nitrogens with one attached hydrogen (secondary N) is 1. The highest BCUT2D eigenvalue weighted by Gasteiger charge is 2.25. The van der Waals surface area contributed by atoms with Gasteiger partial charge in [-0.1, -0.05) is 55.0 Å². The fraction of sp³-hybridized carbons (Fsp3) is 0.400. The Morgan fingerprint density at radius 3 is 2.12 bits per heavy atom. The summed E-state index contributed by atoms with van der Waals surface area (Å²) in [7, 11) is -3.12. The third-order valence-corrected chi connectivity index (χ3v) is 5.70. The van der Waals surface area contributed by atoms with E-state index in [4.69, 9.17) is 5.73 Å². The first-order valence-corrected chi connectivity index (χ1v) is 10.7. The van der Waals surface area contributed by atoms with E-state index in [2.05, 4.69) is 53.3 Å². The first kappa shape index (κ1) is 18.1. The minimum atomic E-state index is -3.12. The van der Waals surface area contributed by atoms with Gasteiger partial charge >= 0.3 is 0 Å². The second-order valence-electron chi connectivity index (χ2n) is 6.94. The van der Waals surface area contributed by atoms with Crippen LogP contribution in [0.25, 0.3) is 11.1 Å². The van der Waals surface area contributed by atoms with E-state index in [1.54, 1.807) is 0 Å². The standard InChI is InChI=1S/C20H26N2O2S/c1-25(23,24)22-14-13-15-5-7-16(8-6-15)17-9-11-18(12-10-17)19-3-2-4-20(19)21/h5-12,19-20,22H,2-4,13-14,21H2,1H3. The Hall–Kier alpha value is -1.69. The monoisotopic (exact) mass is 358 g/mol. The van der Waals surface area contributed by atoms with Gasteiger partial charge in [0, 0.05) is 12.6 Å². The molecule has 1 aliphatic carbocycles. The molecule has 2 aromatic rings. The normalized spacial score (nSPS) is 20.7. The van der Waals surface area contributed by atoms with Gasteiger partial charge < -0.3 is 5.73 Å². The Labute approximate surface area is 150 Å². The van der Waals surface area contributed by atoms with Crippen molar-refractivity contribution in [1.82, 2.24) is 4.72 Å². The molecule has 1 saturated carbocycles. The Morgan fingerprint density at radius 1 is 1.00 bits per heavy atom. The molecular formula is C20H26N2O2S. The number of sulfonamides is 1. The maximum Gasteiger partial charge on any atom is 0.208 e. The van der Waals surface area contributed by atoms with Gasteiger partial charge in [-0.3, -0.25) is 0 Å². The summed E-state index contributed by atoms with van der Waals surface area (Å²) in [5.74, 6) is 0.499. The molecule has 0 bridgehead atoms. The maximum atomic E-state index is 11.1. The predicted molar refractivity (Wildman–Crippen MR) is 103 cm³/mol. The first-order chi connectivity index (χ1) is 11.9. The van der Waals surface area contributed by atoms with Crippen LogP contribution in [0.15, 0.2) is 48.5 Å². The van der Waals surface area contributed by atoms with Gasteiger partial charge in [0.15, 0.2) is 0 Å². The van der Waals surface area contributed by atoms with Gasteiger partial charge in [0.05, 0.1) is 6.26 Å². The van der Waals surface area contributed by atoms with Crippen LogP contribution in [0.3, 0.4) is 0 Å². The highest BCUT2D eigenvalue weighted by molar-refractivity contribution is 7.88. The summed E-state index contributed by atoms with van der Waals surface area (Å²) in [6, 6.07) is 17.3. The topological polar surface area (TPSA) is 72.2 Å². The fourth-order valence-electron chi connectivity index (χ4n) is 3.57. The molecule has 5 heteroatoms. The molecule has 0 saturated heterocycles. The molecule has 3 rings (SSSR count). The molecule has 2 aromatic carbocycles. The van der Waals surface area contributed by atoms with Gasteiger partial charge in [-0.25, -0.2) is 13.1 Å². The lowest BCUT2D eigenvalue weighted by molar-refractivity contribution is 0.588. The molecular weight excluding hydrogens is 332 g/mol.